The van der Waals surface area contributed by atoms with Gasteiger partial charge in [-0.1, -0.05) is 0 Å². The van der Waals surface area contributed by atoms with Crippen LogP contribution in [0.5, 0.6) is 0 Å². The average molecular weight is 637 g/mol. The number of allylic oxidation sites excluding steroid dienone is 2. The van der Waals surface area contributed by atoms with Gasteiger partial charge in [0.25, 0.3) is 0 Å². The van der Waals surface area contributed by atoms with Gasteiger partial charge in [-0.05, 0) is 0 Å². The molecule has 0 fully saturated rings. The predicted octanol–water partition coefficient (Wildman–Crippen LogP) is 4.04. The summed E-state index contributed by atoms with van der Waals surface area (Å²) in [6, 6.07) is 9.69. The summed E-state index contributed by atoms with van der Waals surface area (Å²) in [4.78, 5) is 10.2. The van der Waals surface area contributed by atoms with Gasteiger partial charge in [0.2, 0.25) is 0 Å². The molecule has 36 heavy (non-hydrogen) atoms. The number of aliphatic imine (C=N–C) groups is 1. The molecule has 190 valence electrons. The van der Waals surface area contributed by atoms with Crippen molar-refractivity contribution in [2.45, 2.75) is 51.9 Å². The molecule has 1 aliphatic heterocycles. The summed E-state index contributed by atoms with van der Waals surface area (Å²) in [5.41, 5.74) is 4.01. The Labute approximate surface area is 226 Å². The van der Waals surface area contributed by atoms with Gasteiger partial charge in [-0.15, -0.1) is 0 Å². The number of benzene rings is 2. The molecule has 1 aromatic heterocycles. The molecule has 0 unspecified atom stereocenters. The molecule has 0 saturated heterocycles. The zero-order chi connectivity index (χ0) is 26.3. The molecule has 0 bridgehead atoms. The van der Waals surface area contributed by atoms with Crippen molar-refractivity contribution in [1.29, 1.82) is 0 Å². The van der Waals surface area contributed by atoms with Gasteiger partial charge in [0.05, 0.1) is 0 Å². The summed E-state index contributed by atoms with van der Waals surface area (Å²) >= 11 is 1.26. The van der Waals surface area contributed by atoms with Crippen molar-refractivity contribution in [2.24, 2.45) is 4.99 Å². The third-order valence-corrected chi connectivity index (χ3v) is 11.8. The van der Waals surface area contributed by atoms with E-state index < -0.39 is 37.0 Å². The number of aromatic nitrogens is 1. The third kappa shape index (κ3) is 5.47. The zero-order valence-electron chi connectivity index (χ0n) is 21.0. The number of aryl methyl sites for hydroxylation is 1. The van der Waals surface area contributed by atoms with Gasteiger partial charge in [-0.25, -0.2) is 0 Å². The Balaban J connectivity index is 1.83. The van der Waals surface area contributed by atoms with Crippen molar-refractivity contribution in [3.63, 3.8) is 0 Å². The number of thiazole rings is 1. The normalized spacial score (nSPS) is 14.5. The van der Waals surface area contributed by atoms with Crippen molar-refractivity contribution in [3.05, 3.63) is 79.1 Å². The van der Waals surface area contributed by atoms with Crippen LogP contribution in [0.1, 0.15) is 48.7 Å². The van der Waals surface area contributed by atoms with E-state index in [-0.39, 0.29) is 10.3 Å². The van der Waals surface area contributed by atoms with E-state index in [1.165, 1.54) is 9.65 Å². The van der Waals surface area contributed by atoms with E-state index in [0.717, 1.165) is 38.5 Å². The minimum atomic E-state index is -4.13. The molecule has 2 aromatic carbocycles. The Morgan fingerprint density at radius 3 is 2.47 bits per heavy atom. The van der Waals surface area contributed by atoms with Crippen LogP contribution in [-0.4, -0.2) is 19.6 Å². The fourth-order valence-electron chi connectivity index (χ4n) is 3.69. The molecule has 0 spiro atoms. The van der Waals surface area contributed by atoms with Gasteiger partial charge in [-0.2, -0.15) is 0 Å². The standard InChI is InChI=1S/C27H28FIN3O2S2/c1-16-9-7-11-20(28)25(16)36(33,34)32-22-12-8-10-19(18(22)3)23-24(35-26(31-23)27(4,5)6)21-13-14-30-17(2)15-29-21/h7-15,32H,1-6H3/q-1. The van der Waals surface area contributed by atoms with E-state index in [2.05, 4.69) is 40.6 Å². The van der Waals surface area contributed by atoms with E-state index in [1.54, 1.807) is 36.5 Å². The van der Waals surface area contributed by atoms with Gasteiger partial charge in [0.1, 0.15) is 0 Å². The molecule has 0 atom stereocenters. The molecule has 0 amide bonds. The second-order valence-corrected chi connectivity index (χ2v) is 14.6. The van der Waals surface area contributed by atoms with Crippen LogP contribution in [0.25, 0.3) is 14.8 Å². The van der Waals surface area contributed by atoms with Crippen molar-refractivity contribution in [1.82, 2.24) is 4.98 Å². The number of hydrogen-bond donors (Lipinski definition) is 1. The van der Waals surface area contributed by atoms with E-state index in [1.807, 2.05) is 26.1 Å². The summed E-state index contributed by atoms with van der Waals surface area (Å²) in [6.45, 7) is 11.8. The Hall–Kier alpha value is -2.37. The first-order valence-electron chi connectivity index (χ1n) is 11.3. The van der Waals surface area contributed by atoms with Gasteiger partial charge in [0, 0.05) is 0 Å². The number of halogens is 2. The molecule has 4 rings (SSSR count). The van der Waals surface area contributed by atoms with Gasteiger partial charge >= 0.3 is 228 Å². The molecule has 0 saturated carbocycles. The Morgan fingerprint density at radius 2 is 1.78 bits per heavy atom. The number of rotatable bonds is 5. The van der Waals surface area contributed by atoms with Crippen LogP contribution in [-0.2, 0) is 15.4 Å². The second-order valence-electron chi connectivity index (χ2n) is 9.57. The quantitative estimate of drug-likeness (QED) is 0.430. The molecular formula is C27H28FIN3O2S2-. The second kappa shape index (κ2) is 10.2. The summed E-state index contributed by atoms with van der Waals surface area (Å²) in [6.07, 6.45) is 3.90. The van der Waals surface area contributed by atoms with E-state index in [0.29, 0.717) is 11.3 Å². The van der Waals surface area contributed by atoms with Crippen LogP contribution < -0.4 is 25.9 Å². The van der Waals surface area contributed by atoms with Crippen molar-refractivity contribution in [3.8, 4) is 11.3 Å². The molecule has 0 radical (unpaired) electrons. The molecule has 1 N–H and O–H groups in total. The number of sulfonamides is 1. The monoisotopic (exact) mass is 636 g/mol. The van der Waals surface area contributed by atoms with Crippen molar-refractivity contribution >= 4 is 36.8 Å². The molecule has 5 nitrogen and oxygen atoms in total. The summed E-state index contributed by atoms with van der Waals surface area (Å²) < 4.78 is 46.9. The maximum absolute atomic E-state index is 14.5. The molecule has 1 aliphatic rings. The molecule has 0 aliphatic carbocycles. The van der Waals surface area contributed by atoms with Crippen LogP contribution in [0.15, 0.2) is 62.1 Å². The van der Waals surface area contributed by atoms with Gasteiger partial charge in [0.15, 0.2) is 0 Å². The third-order valence-electron chi connectivity index (χ3n) is 5.58. The Kier molecular flexibility index (Phi) is 7.55. The van der Waals surface area contributed by atoms with E-state index in [4.69, 9.17) is 4.98 Å². The Bertz CT molecular complexity index is 1510. The molecular weight excluding hydrogens is 608 g/mol. The first-order chi connectivity index (χ1) is 16.9. The zero-order valence-corrected chi connectivity index (χ0v) is 24.8. The van der Waals surface area contributed by atoms with Gasteiger partial charge < -0.3 is 0 Å². The van der Waals surface area contributed by atoms with Crippen LogP contribution in [0.4, 0.5) is 10.1 Å². The van der Waals surface area contributed by atoms with Crippen LogP contribution in [0.3, 0.4) is 0 Å². The first-order valence-corrected chi connectivity index (χ1v) is 15.9. The number of hydrogen-bond acceptors (Lipinski definition) is 5. The van der Waals surface area contributed by atoms with Crippen LogP contribution >= 0.6 is 11.3 Å². The predicted molar refractivity (Wildman–Crippen MR) is 143 cm³/mol. The molecule has 3 aromatic rings. The van der Waals surface area contributed by atoms with Gasteiger partial charge in [-0.3, -0.25) is 0 Å². The van der Waals surface area contributed by atoms with Crippen LogP contribution in [0, 0.1) is 19.7 Å². The average Bonchev–Trinajstić information content (AvgIpc) is 3.12. The SMILES string of the molecule is CC1=C[I-]C(c2sc(C(C)(C)C)nc2-c2cccc(NS(=O)(=O)c3c(C)cccc3F)c2C)=CC=N1. The number of nitrogens with zero attached hydrogens (tertiary/aromatic N) is 2. The van der Waals surface area contributed by atoms with Crippen LogP contribution in [0.2, 0.25) is 0 Å². The number of anilines is 1. The summed E-state index contributed by atoms with van der Waals surface area (Å²) in [5, 5.41) is 1.01. The number of nitrogens with one attached hydrogen (secondary N) is 1. The minimum absolute atomic E-state index is 0.142. The Morgan fingerprint density at radius 1 is 1.06 bits per heavy atom. The van der Waals surface area contributed by atoms with Crippen molar-refractivity contribution < 1.29 is 34.0 Å². The van der Waals surface area contributed by atoms with E-state index >= 15 is 0 Å². The van der Waals surface area contributed by atoms with Crippen molar-refractivity contribution in [2.75, 3.05) is 4.72 Å². The fourth-order valence-corrected chi connectivity index (χ4v) is 8.66. The fraction of sp³-hybridized carbons (Fsp3) is 0.259. The maximum atomic E-state index is 14.5. The first kappa shape index (κ1) is 26.7. The topological polar surface area (TPSA) is 71.4 Å². The van der Waals surface area contributed by atoms with E-state index in [9.17, 15) is 12.8 Å². The molecule has 2 heterocycles. The summed E-state index contributed by atoms with van der Waals surface area (Å²) in [5.74, 6) is -0.776. The molecule has 9 heteroatoms. The summed E-state index contributed by atoms with van der Waals surface area (Å²) in [7, 11) is -4.13.